The predicted octanol–water partition coefficient (Wildman–Crippen LogP) is 2.95. The minimum atomic E-state index is 0.130. The molecular weight excluding hydrogens is 224 g/mol. The van der Waals surface area contributed by atoms with Gasteiger partial charge in [-0.15, -0.1) is 0 Å². The molecule has 0 bridgehead atoms. The number of anilines is 1. The third-order valence-electron chi connectivity index (χ3n) is 3.44. The van der Waals surface area contributed by atoms with E-state index >= 15 is 0 Å². The van der Waals surface area contributed by atoms with E-state index in [-0.39, 0.29) is 5.78 Å². The van der Waals surface area contributed by atoms with Crippen molar-refractivity contribution in [1.82, 2.24) is 0 Å². The summed E-state index contributed by atoms with van der Waals surface area (Å²) in [5, 5.41) is 8.50. The van der Waals surface area contributed by atoms with Gasteiger partial charge < -0.3 is 4.90 Å². The number of hydrogen-bond acceptors (Lipinski definition) is 3. The summed E-state index contributed by atoms with van der Waals surface area (Å²) in [4.78, 5) is 13.7. The number of fused-ring (bicyclic) bond motifs is 1. The number of benzene rings is 1. The predicted molar refractivity (Wildman–Crippen MR) is 71.8 cm³/mol. The fraction of sp³-hybridized carbons (Fsp3) is 0.467. The van der Waals surface area contributed by atoms with Gasteiger partial charge in [0, 0.05) is 30.8 Å². The van der Waals surface area contributed by atoms with E-state index in [1.807, 2.05) is 12.1 Å². The molecule has 1 aliphatic rings. The van der Waals surface area contributed by atoms with Crippen molar-refractivity contribution in [3.63, 3.8) is 0 Å². The number of ketones is 1. The Morgan fingerprint density at radius 3 is 3.00 bits per heavy atom. The monoisotopic (exact) mass is 242 g/mol. The molecule has 3 nitrogen and oxygen atoms in total. The van der Waals surface area contributed by atoms with Crippen molar-refractivity contribution in [1.29, 1.82) is 5.26 Å². The van der Waals surface area contributed by atoms with E-state index in [1.54, 1.807) is 6.92 Å². The van der Waals surface area contributed by atoms with Crippen molar-refractivity contribution in [3.05, 3.63) is 29.3 Å². The van der Waals surface area contributed by atoms with Crippen LogP contribution >= 0.6 is 0 Å². The third-order valence-corrected chi connectivity index (χ3v) is 3.44. The fourth-order valence-electron chi connectivity index (χ4n) is 2.43. The summed E-state index contributed by atoms with van der Waals surface area (Å²) in [5.41, 5.74) is 3.35. The zero-order valence-corrected chi connectivity index (χ0v) is 10.8. The molecule has 0 spiro atoms. The van der Waals surface area contributed by atoms with Gasteiger partial charge in [-0.05, 0) is 49.9 Å². The van der Waals surface area contributed by atoms with Gasteiger partial charge in [0.25, 0.3) is 0 Å². The fourth-order valence-corrected chi connectivity index (χ4v) is 2.43. The van der Waals surface area contributed by atoms with Crippen LogP contribution in [0.3, 0.4) is 0 Å². The van der Waals surface area contributed by atoms with Crippen LogP contribution < -0.4 is 4.90 Å². The molecule has 0 aliphatic carbocycles. The van der Waals surface area contributed by atoms with Crippen LogP contribution in [0, 0.1) is 11.3 Å². The Kier molecular flexibility index (Phi) is 3.99. The summed E-state index contributed by atoms with van der Waals surface area (Å²) in [5.74, 6) is 0.130. The molecule has 2 rings (SSSR count). The van der Waals surface area contributed by atoms with Gasteiger partial charge in [-0.1, -0.05) is 0 Å². The van der Waals surface area contributed by atoms with Crippen molar-refractivity contribution < 1.29 is 4.79 Å². The quantitative estimate of drug-likeness (QED) is 0.589. The van der Waals surface area contributed by atoms with Crippen molar-refractivity contribution in [2.45, 2.75) is 32.6 Å². The number of nitrogens with zero attached hydrogens (tertiary/aromatic N) is 2. The summed E-state index contributed by atoms with van der Waals surface area (Å²) in [6, 6.07) is 8.17. The van der Waals surface area contributed by atoms with Gasteiger partial charge in [0.15, 0.2) is 5.78 Å². The standard InChI is InChI=1S/C15H18N2O/c1-12(18)13-5-6-15-14(11-13)7-10-17(15)9-4-2-3-8-16/h5-6,11H,2-4,7,9-10H2,1H3. The maximum absolute atomic E-state index is 11.3. The molecule has 0 saturated carbocycles. The Hall–Kier alpha value is -1.82. The Morgan fingerprint density at radius 2 is 2.28 bits per heavy atom. The first kappa shape index (κ1) is 12.6. The lowest BCUT2D eigenvalue weighted by Gasteiger charge is -2.19. The second-order valence-corrected chi connectivity index (χ2v) is 4.75. The summed E-state index contributed by atoms with van der Waals surface area (Å²) in [6.07, 6.45) is 3.69. The molecule has 1 aromatic rings. The molecule has 18 heavy (non-hydrogen) atoms. The molecule has 0 radical (unpaired) electrons. The largest absolute Gasteiger partial charge is 0.371 e. The van der Waals surface area contributed by atoms with Crippen LogP contribution in [0.25, 0.3) is 0 Å². The number of nitriles is 1. The first-order chi connectivity index (χ1) is 8.72. The molecule has 0 N–H and O–H groups in total. The Morgan fingerprint density at radius 1 is 1.44 bits per heavy atom. The lowest BCUT2D eigenvalue weighted by molar-refractivity contribution is 0.101. The normalized spacial score (nSPS) is 13.2. The number of hydrogen-bond donors (Lipinski definition) is 0. The smallest absolute Gasteiger partial charge is 0.159 e. The minimum absolute atomic E-state index is 0.130. The lowest BCUT2D eigenvalue weighted by Crippen LogP contribution is -2.21. The molecule has 0 unspecified atom stereocenters. The Bertz CT molecular complexity index is 488. The van der Waals surface area contributed by atoms with Crippen LogP contribution in [0.4, 0.5) is 5.69 Å². The Labute approximate surface area is 108 Å². The van der Waals surface area contributed by atoms with Crippen LogP contribution in [0.1, 0.15) is 42.1 Å². The molecule has 0 aromatic heterocycles. The topological polar surface area (TPSA) is 44.1 Å². The molecular formula is C15H18N2O. The van der Waals surface area contributed by atoms with E-state index in [9.17, 15) is 4.79 Å². The lowest BCUT2D eigenvalue weighted by atomic mass is 10.1. The Balaban J connectivity index is 2.01. The number of Topliss-reactive ketones (excluding diaryl/α,β-unsaturated/α-hetero) is 1. The van der Waals surface area contributed by atoms with Gasteiger partial charge in [0.05, 0.1) is 6.07 Å². The molecule has 0 saturated heterocycles. The SMILES string of the molecule is CC(=O)c1ccc2c(c1)CCN2CCCCC#N. The van der Waals surface area contributed by atoms with E-state index in [2.05, 4.69) is 17.0 Å². The van der Waals surface area contributed by atoms with Gasteiger partial charge in [-0.25, -0.2) is 0 Å². The van der Waals surface area contributed by atoms with Gasteiger partial charge >= 0.3 is 0 Å². The van der Waals surface area contributed by atoms with Crippen molar-refractivity contribution in [2.75, 3.05) is 18.0 Å². The first-order valence-electron chi connectivity index (χ1n) is 6.48. The summed E-state index contributed by atoms with van der Waals surface area (Å²) < 4.78 is 0. The molecule has 0 atom stereocenters. The van der Waals surface area contributed by atoms with E-state index in [4.69, 9.17) is 5.26 Å². The molecule has 1 heterocycles. The molecule has 0 fully saturated rings. The van der Waals surface area contributed by atoms with Gasteiger partial charge in [-0.3, -0.25) is 4.79 Å². The number of unbranched alkanes of at least 4 members (excludes halogenated alkanes) is 2. The van der Waals surface area contributed by atoms with Gasteiger partial charge in [0.2, 0.25) is 0 Å². The highest BCUT2D eigenvalue weighted by molar-refractivity contribution is 5.94. The van der Waals surface area contributed by atoms with E-state index in [0.29, 0.717) is 6.42 Å². The summed E-state index contributed by atoms with van der Waals surface area (Å²) in [6.45, 7) is 3.65. The van der Waals surface area contributed by atoms with Crippen molar-refractivity contribution >= 4 is 11.5 Å². The van der Waals surface area contributed by atoms with Gasteiger partial charge in [-0.2, -0.15) is 5.26 Å². The van der Waals surface area contributed by atoms with Crippen molar-refractivity contribution in [3.8, 4) is 6.07 Å². The molecule has 1 aliphatic heterocycles. The highest BCUT2D eigenvalue weighted by Crippen LogP contribution is 2.29. The number of rotatable bonds is 5. The molecule has 3 heteroatoms. The first-order valence-corrected chi connectivity index (χ1v) is 6.48. The maximum Gasteiger partial charge on any atom is 0.159 e. The second-order valence-electron chi connectivity index (χ2n) is 4.75. The number of carbonyl (C=O) groups excluding carboxylic acids is 1. The zero-order chi connectivity index (χ0) is 13.0. The van der Waals surface area contributed by atoms with Crippen LogP contribution in [0.5, 0.6) is 0 Å². The molecule has 1 aromatic carbocycles. The summed E-state index contributed by atoms with van der Waals surface area (Å²) >= 11 is 0. The van der Waals surface area contributed by atoms with Crippen molar-refractivity contribution in [2.24, 2.45) is 0 Å². The van der Waals surface area contributed by atoms with E-state index < -0.39 is 0 Å². The average molecular weight is 242 g/mol. The molecule has 94 valence electrons. The third kappa shape index (κ3) is 2.70. The highest BCUT2D eigenvalue weighted by atomic mass is 16.1. The molecule has 0 amide bonds. The minimum Gasteiger partial charge on any atom is -0.371 e. The van der Waals surface area contributed by atoms with Crippen LogP contribution in [-0.2, 0) is 6.42 Å². The summed E-state index contributed by atoms with van der Waals surface area (Å²) in [7, 11) is 0. The van der Waals surface area contributed by atoms with E-state index in [1.165, 1.54) is 11.3 Å². The highest BCUT2D eigenvalue weighted by Gasteiger charge is 2.19. The zero-order valence-electron chi connectivity index (χ0n) is 10.8. The van der Waals surface area contributed by atoms with Crippen LogP contribution in [-0.4, -0.2) is 18.9 Å². The number of carbonyl (C=O) groups is 1. The van der Waals surface area contributed by atoms with Crippen LogP contribution in [0.2, 0.25) is 0 Å². The second kappa shape index (κ2) is 5.68. The van der Waals surface area contributed by atoms with Crippen LogP contribution in [0.15, 0.2) is 18.2 Å². The maximum atomic E-state index is 11.3. The average Bonchev–Trinajstić information content (AvgIpc) is 2.77. The van der Waals surface area contributed by atoms with Gasteiger partial charge in [0.1, 0.15) is 0 Å². The van der Waals surface area contributed by atoms with E-state index in [0.717, 1.165) is 37.9 Å².